The maximum absolute atomic E-state index is 5.92. The zero-order chi connectivity index (χ0) is 10.7. The van der Waals surface area contributed by atoms with Gasteiger partial charge in [-0.05, 0) is 37.6 Å². The van der Waals surface area contributed by atoms with Gasteiger partial charge in [-0.3, -0.25) is 4.98 Å². The van der Waals surface area contributed by atoms with Gasteiger partial charge in [0.25, 0.3) is 0 Å². The number of aryl methyl sites for hydroxylation is 1. The number of fused-ring (bicyclic) bond motifs is 1. The van der Waals surface area contributed by atoms with Gasteiger partial charge in [-0.2, -0.15) is 0 Å². The topological polar surface area (TPSA) is 38.9 Å². The van der Waals surface area contributed by atoms with Crippen molar-refractivity contribution in [1.29, 1.82) is 0 Å². The molecule has 0 fully saturated rings. The van der Waals surface area contributed by atoms with Crippen molar-refractivity contribution >= 4 is 22.5 Å². The minimum absolute atomic E-state index is 0.704. The first kappa shape index (κ1) is 10.4. The molecule has 0 saturated heterocycles. The van der Waals surface area contributed by atoms with E-state index in [1.54, 1.807) is 0 Å². The van der Waals surface area contributed by atoms with Crippen LogP contribution in [0.3, 0.4) is 0 Å². The van der Waals surface area contributed by atoms with Gasteiger partial charge in [0.05, 0.1) is 5.52 Å². The quantitative estimate of drug-likeness (QED) is 0.864. The van der Waals surface area contributed by atoms with Crippen LogP contribution in [0.4, 0.5) is 0 Å². The lowest BCUT2D eigenvalue weighted by molar-refractivity contribution is 0.814. The smallest absolute Gasteiger partial charge is 0.0720 e. The number of aromatic nitrogens is 1. The predicted octanol–water partition coefficient (Wildman–Crippen LogP) is 2.78. The number of rotatable bonds is 3. The van der Waals surface area contributed by atoms with Gasteiger partial charge in [0.15, 0.2) is 0 Å². The summed E-state index contributed by atoms with van der Waals surface area (Å²) < 4.78 is 0. The van der Waals surface area contributed by atoms with E-state index in [-0.39, 0.29) is 0 Å². The second-order valence-electron chi connectivity index (χ2n) is 3.53. The highest BCUT2D eigenvalue weighted by atomic mass is 35.5. The summed E-state index contributed by atoms with van der Waals surface area (Å²) in [6, 6.07) is 9.88. The van der Waals surface area contributed by atoms with Gasteiger partial charge in [-0.1, -0.05) is 23.7 Å². The molecule has 15 heavy (non-hydrogen) atoms. The van der Waals surface area contributed by atoms with E-state index in [4.69, 9.17) is 17.3 Å². The predicted molar refractivity (Wildman–Crippen MR) is 64.1 cm³/mol. The molecule has 0 aliphatic rings. The number of pyridine rings is 1. The van der Waals surface area contributed by atoms with Crippen molar-refractivity contribution in [3.63, 3.8) is 0 Å². The molecule has 1 heterocycles. The van der Waals surface area contributed by atoms with E-state index < -0.39 is 0 Å². The first-order valence-corrected chi connectivity index (χ1v) is 5.42. The maximum atomic E-state index is 5.92. The monoisotopic (exact) mass is 220 g/mol. The molecule has 1 aromatic heterocycles. The molecule has 3 heteroatoms. The van der Waals surface area contributed by atoms with Crippen molar-refractivity contribution in [2.24, 2.45) is 5.73 Å². The average molecular weight is 221 g/mol. The Labute approximate surface area is 94.1 Å². The summed E-state index contributed by atoms with van der Waals surface area (Å²) in [5.74, 6) is 0. The molecule has 0 bridgehead atoms. The summed E-state index contributed by atoms with van der Waals surface area (Å²) in [5.41, 5.74) is 7.50. The van der Waals surface area contributed by atoms with Crippen LogP contribution >= 0.6 is 11.6 Å². The Bertz CT molecular complexity index is 468. The largest absolute Gasteiger partial charge is 0.330 e. The van der Waals surface area contributed by atoms with E-state index in [0.717, 1.165) is 34.5 Å². The first-order chi connectivity index (χ1) is 7.29. The summed E-state index contributed by atoms with van der Waals surface area (Å²) >= 11 is 5.92. The molecule has 0 amide bonds. The molecule has 0 saturated carbocycles. The average Bonchev–Trinajstić information content (AvgIpc) is 2.25. The molecular formula is C12H13ClN2. The SMILES string of the molecule is NCCCc1ccc2ccc(Cl)cc2n1. The molecule has 0 spiro atoms. The van der Waals surface area contributed by atoms with Crippen LogP contribution in [0.2, 0.25) is 5.02 Å². The maximum Gasteiger partial charge on any atom is 0.0720 e. The van der Waals surface area contributed by atoms with Crippen LogP contribution < -0.4 is 5.73 Å². The summed E-state index contributed by atoms with van der Waals surface area (Å²) in [6.07, 6.45) is 1.90. The lowest BCUT2D eigenvalue weighted by Crippen LogP contribution is -2.01. The van der Waals surface area contributed by atoms with E-state index in [1.165, 1.54) is 0 Å². The normalized spacial score (nSPS) is 10.8. The third kappa shape index (κ3) is 2.46. The zero-order valence-electron chi connectivity index (χ0n) is 8.41. The molecule has 0 atom stereocenters. The Morgan fingerprint density at radius 2 is 2.00 bits per heavy atom. The van der Waals surface area contributed by atoms with Gasteiger partial charge < -0.3 is 5.73 Å². The van der Waals surface area contributed by atoms with Crippen LogP contribution in [0.1, 0.15) is 12.1 Å². The third-order valence-corrected chi connectivity index (χ3v) is 2.58. The summed E-state index contributed by atoms with van der Waals surface area (Å²) in [5, 5.41) is 1.85. The van der Waals surface area contributed by atoms with Gasteiger partial charge in [0.2, 0.25) is 0 Å². The Hall–Kier alpha value is -1.12. The van der Waals surface area contributed by atoms with Gasteiger partial charge >= 0.3 is 0 Å². The molecule has 2 rings (SSSR count). The van der Waals surface area contributed by atoms with Crippen LogP contribution in [-0.2, 0) is 6.42 Å². The molecule has 0 unspecified atom stereocenters. The highest BCUT2D eigenvalue weighted by molar-refractivity contribution is 6.31. The molecular weight excluding hydrogens is 208 g/mol. The van der Waals surface area contributed by atoms with Gasteiger partial charge in [-0.25, -0.2) is 0 Å². The van der Waals surface area contributed by atoms with Crippen molar-refractivity contribution in [2.45, 2.75) is 12.8 Å². The molecule has 2 aromatic rings. The first-order valence-electron chi connectivity index (χ1n) is 5.05. The summed E-state index contributed by atoms with van der Waals surface area (Å²) in [6.45, 7) is 0.704. The van der Waals surface area contributed by atoms with Crippen molar-refractivity contribution in [3.05, 3.63) is 41.0 Å². The van der Waals surface area contributed by atoms with Crippen LogP contribution in [0, 0.1) is 0 Å². The third-order valence-electron chi connectivity index (χ3n) is 2.35. The van der Waals surface area contributed by atoms with Crippen LogP contribution in [0.5, 0.6) is 0 Å². The second kappa shape index (κ2) is 4.60. The fraction of sp³-hybridized carbons (Fsp3) is 0.250. The number of nitrogens with zero attached hydrogens (tertiary/aromatic N) is 1. The van der Waals surface area contributed by atoms with Gasteiger partial charge in [0, 0.05) is 16.1 Å². The van der Waals surface area contributed by atoms with E-state index in [9.17, 15) is 0 Å². The lowest BCUT2D eigenvalue weighted by Gasteiger charge is -2.02. The summed E-state index contributed by atoms with van der Waals surface area (Å²) in [4.78, 5) is 4.53. The Kier molecular flexibility index (Phi) is 3.19. The van der Waals surface area contributed by atoms with Crippen molar-refractivity contribution in [1.82, 2.24) is 4.98 Å². The molecule has 0 radical (unpaired) electrons. The highest BCUT2D eigenvalue weighted by Crippen LogP contribution is 2.18. The number of nitrogens with two attached hydrogens (primary N) is 1. The van der Waals surface area contributed by atoms with Crippen LogP contribution in [0.25, 0.3) is 10.9 Å². The fourth-order valence-corrected chi connectivity index (χ4v) is 1.72. The number of hydrogen-bond acceptors (Lipinski definition) is 2. The number of benzene rings is 1. The minimum Gasteiger partial charge on any atom is -0.330 e. The molecule has 2 nitrogen and oxygen atoms in total. The molecule has 0 aliphatic carbocycles. The van der Waals surface area contributed by atoms with Crippen molar-refractivity contribution in [3.8, 4) is 0 Å². The lowest BCUT2D eigenvalue weighted by atomic mass is 10.1. The molecule has 0 aliphatic heterocycles. The standard InChI is InChI=1S/C12H13ClN2/c13-10-5-3-9-4-6-11(2-1-7-14)15-12(9)8-10/h3-6,8H,1-2,7,14H2. The molecule has 1 aromatic carbocycles. The fourth-order valence-electron chi connectivity index (χ4n) is 1.55. The number of hydrogen-bond donors (Lipinski definition) is 1. The minimum atomic E-state index is 0.704. The van der Waals surface area contributed by atoms with Crippen molar-refractivity contribution < 1.29 is 0 Å². The van der Waals surface area contributed by atoms with E-state index in [1.807, 2.05) is 24.3 Å². The molecule has 2 N–H and O–H groups in total. The van der Waals surface area contributed by atoms with Gasteiger partial charge in [-0.15, -0.1) is 0 Å². The Balaban J connectivity index is 2.36. The highest BCUT2D eigenvalue weighted by Gasteiger charge is 1.99. The van der Waals surface area contributed by atoms with Gasteiger partial charge in [0.1, 0.15) is 0 Å². The van der Waals surface area contributed by atoms with E-state index in [0.29, 0.717) is 6.54 Å². The van der Waals surface area contributed by atoms with E-state index >= 15 is 0 Å². The molecule has 78 valence electrons. The summed E-state index contributed by atoms with van der Waals surface area (Å²) in [7, 11) is 0. The Morgan fingerprint density at radius 3 is 2.80 bits per heavy atom. The van der Waals surface area contributed by atoms with Crippen LogP contribution in [-0.4, -0.2) is 11.5 Å². The van der Waals surface area contributed by atoms with Crippen molar-refractivity contribution in [2.75, 3.05) is 6.54 Å². The zero-order valence-corrected chi connectivity index (χ0v) is 9.17. The number of halogens is 1. The van der Waals surface area contributed by atoms with E-state index in [2.05, 4.69) is 11.1 Å². The van der Waals surface area contributed by atoms with Crippen LogP contribution in [0.15, 0.2) is 30.3 Å². The second-order valence-corrected chi connectivity index (χ2v) is 3.97. The Morgan fingerprint density at radius 1 is 1.20 bits per heavy atom.